The summed E-state index contributed by atoms with van der Waals surface area (Å²) in [7, 11) is 0. The lowest BCUT2D eigenvalue weighted by Crippen LogP contribution is -2.57. The Morgan fingerprint density at radius 1 is 0.842 bits per heavy atom. The second kappa shape index (κ2) is 20.6. The predicted molar refractivity (Wildman–Crippen MR) is 221 cm³/mol. The number of carbonyl (C=O) groups excluding carboxylic acids is 4. The lowest BCUT2D eigenvalue weighted by atomic mass is 9.83. The van der Waals surface area contributed by atoms with Gasteiger partial charge in [0.1, 0.15) is 12.1 Å². The minimum Gasteiger partial charge on any atom is -0.390 e. The molecule has 13 heteroatoms. The number of hydrogen-bond donors (Lipinski definition) is 6. The van der Waals surface area contributed by atoms with Crippen LogP contribution in [0.5, 0.6) is 0 Å². The van der Waals surface area contributed by atoms with E-state index in [1.54, 1.807) is 23.8 Å². The number of pyridine rings is 1. The van der Waals surface area contributed by atoms with Gasteiger partial charge in [0.05, 0.1) is 35.3 Å². The molecule has 4 atom stereocenters. The lowest BCUT2D eigenvalue weighted by molar-refractivity contribution is -0.131. The number of amides is 4. The van der Waals surface area contributed by atoms with Crippen molar-refractivity contribution in [2.45, 2.75) is 95.1 Å². The fraction of sp³-hybridized carbons (Fsp3) is 0.364. The second-order valence-electron chi connectivity index (χ2n) is 14.8. The number of carbonyl (C=O) groups is 4. The van der Waals surface area contributed by atoms with Crippen molar-refractivity contribution in [1.29, 1.82) is 0 Å². The summed E-state index contributed by atoms with van der Waals surface area (Å²) in [5.41, 5.74) is 11.0. The summed E-state index contributed by atoms with van der Waals surface area (Å²) < 4.78 is 0. The van der Waals surface area contributed by atoms with Gasteiger partial charge in [-0.25, -0.2) is 4.98 Å². The number of aromatic nitrogens is 2. The molecule has 3 aromatic carbocycles. The van der Waals surface area contributed by atoms with Gasteiger partial charge >= 0.3 is 0 Å². The zero-order chi connectivity index (χ0) is 40.0. The zero-order valence-corrected chi connectivity index (χ0v) is 32.8. The van der Waals surface area contributed by atoms with E-state index in [0.717, 1.165) is 59.6 Å². The highest BCUT2D eigenvalue weighted by Crippen LogP contribution is 2.29. The molecule has 0 radical (unpaired) electrons. The summed E-state index contributed by atoms with van der Waals surface area (Å²) in [6, 6.07) is 21.6. The topological polar surface area (TPSA) is 188 Å². The fourth-order valence-electron chi connectivity index (χ4n) is 7.52. The number of benzene rings is 3. The lowest BCUT2D eigenvalue weighted by Gasteiger charge is -2.31. The number of thiazole rings is 1. The van der Waals surface area contributed by atoms with Crippen LogP contribution in [-0.2, 0) is 40.3 Å². The van der Waals surface area contributed by atoms with E-state index in [1.165, 1.54) is 17.5 Å². The first-order valence-corrected chi connectivity index (χ1v) is 20.6. The minimum absolute atomic E-state index is 0.0766. The van der Waals surface area contributed by atoms with Gasteiger partial charge in [-0.15, -0.1) is 11.3 Å². The van der Waals surface area contributed by atoms with Crippen LogP contribution in [0.25, 0.3) is 10.8 Å². The van der Waals surface area contributed by atoms with E-state index < -0.39 is 42.0 Å². The molecule has 7 N–H and O–H groups in total. The first-order chi connectivity index (χ1) is 27.7. The van der Waals surface area contributed by atoms with Gasteiger partial charge in [-0.1, -0.05) is 98.8 Å². The smallest absolute Gasteiger partial charge is 0.253 e. The number of fused-ring (bicyclic) bond motifs is 1. The van der Waals surface area contributed by atoms with Gasteiger partial charge in [0.15, 0.2) is 0 Å². The van der Waals surface area contributed by atoms with Crippen molar-refractivity contribution in [3.8, 4) is 0 Å². The normalized spacial score (nSPS) is 15.2. The first kappa shape index (κ1) is 41.1. The molecular weight excluding hydrogens is 739 g/mol. The van der Waals surface area contributed by atoms with E-state index >= 15 is 0 Å². The van der Waals surface area contributed by atoms with Crippen LogP contribution in [0.2, 0.25) is 0 Å². The molecular formula is C44H51N7O5S. The molecule has 0 saturated heterocycles. The summed E-state index contributed by atoms with van der Waals surface area (Å²) >= 11 is 1.37. The highest BCUT2D eigenvalue weighted by Gasteiger charge is 2.33. The van der Waals surface area contributed by atoms with E-state index in [1.807, 2.05) is 72.1 Å². The molecule has 12 nitrogen and oxygen atoms in total. The van der Waals surface area contributed by atoms with Crippen molar-refractivity contribution in [2.75, 3.05) is 0 Å². The maximum absolute atomic E-state index is 14.4. The van der Waals surface area contributed by atoms with Gasteiger partial charge < -0.3 is 32.1 Å². The average molecular weight is 790 g/mol. The molecule has 2 heterocycles. The summed E-state index contributed by atoms with van der Waals surface area (Å²) in [5, 5.41) is 27.1. The maximum atomic E-state index is 14.4. The van der Waals surface area contributed by atoms with Crippen molar-refractivity contribution < 1.29 is 24.3 Å². The number of aliphatic hydroxyl groups is 1. The standard InChI is InChI=1S/C44H51N7O5S/c45-24-30-11-6-12-31(19-30)25-47-41(53)23-40(52)37(20-29-9-2-1-3-10-29)49-44(56)39(22-35-27-57-28-48-35)51-43(55)38(50-42(54)34-16-8-18-46-26-34)21-33-15-7-14-32-13-4-5-17-36(32)33/h4-8,11-19,26-29,37-40,52H,1-3,9-10,20-25,45H2,(H,47,53)(H,49,56)(H,50,54)(H,51,55)/t37?,38-,39-,40?/m0/s1. The molecule has 1 fully saturated rings. The Morgan fingerprint density at radius 2 is 1.60 bits per heavy atom. The van der Waals surface area contributed by atoms with E-state index in [0.29, 0.717) is 18.7 Å². The molecule has 6 rings (SSSR count). The summed E-state index contributed by atoms with van der Waals surface area (Å²) in [6.45, 7) is 0.663. The zero-order valence-electron chi connectivity index (χ0n) is 31.9. The molecule has 5 aromatic rings. The van der Waals surface area contributed by atoms with Gasteiger partial charge in [-0.2, -0.15) is 0 Å². The number of nitrogens with zero attached hydrogens (tertiary/aromatic N) is 2. The largest absolute Gasteiger partial charge is 0.390 e. The Morgan fingerprint density at radius 3 is 2.37 bits per heavy atom. The van der Waals surface area contributed by atoms with Crippen LogP contribution in [0.4, 0.5) is 0 Å². The van der Waals surface area contributed by atoms with Gasteiger partial charge in [-0.3, -0.25) is 24.2 Å². The molecule has 0 aliphatic heterocycles. The summed E-state index contributed by atoms with van der Waals surface area (Å²) in [6.07, 6.45) is 7.51. The Hall–Kier alpha value is -5.50. The summed E-state index contributed by atoms with van der Waals surface area (Å²) in [4.78, 5) is 63.7. The van der Waals surface area contributed by atoms with Crippen LogP contribution in [0.15, 0.2) is 102 Å². The van der Waals surface area contributed by atoms with Crippen LogP contribution >= 0.6 is 11.3 Å². The molecule has 2 aromatic heterocycles. The predicted octanol–water partition coefficient (Wildman–Crippen LogP) is 4.74. The van der Waals surface area contributed by atoms with E-state index in [9.17, 15) is 24.3 Å². The molecule has 4 amide bonds. The average Bonchev–Trinajstić information content (AvgIpc) is 3.76. The third-order valence-electron chi connectivity index (χ3n) is 10.6. The highest BCUT2D eigenvalue weighted by atomic mass is 32.1. The van der Waals surface area contributed by atoms with Gasteiger partial charge in [0.25, 0.3) is 5.91 Å². The molecule has 2 unspecified atom stereocenters. The third kappa shape index (κ3) is 12.0. The molecule has 1 saturated carbocycles. The van der Waals surface area contributed by atoms with Crippen molar-refractivity contribution in [3.05, 3.63) is 130 Å². The van der Waals surface area contributed by atoms with Crippen molar-refractivity contribution in [2.24, 2.45) is 11.7 Å². The number of nitrogens with one attached hydrogen (secondary N) is 4. The molecule has 0 bridgehead atoms. The Kier molecular flexibility index (Phi) is 14.9. The summed E-state index contributed by atoms with van der Waals surface area (Å²) in [5.74, 6) is -1.64. The Labute approximate surface area is 337 Å². The Bertz CT molecular complexity index is 2090. The van der Waals surface area contributed by atoms with Crippen LogP contribution in [-0.4, -0.2) is 62.9 Å². The van der Waals surface area contributed by atoms with Crippen LogP contribution in [0, 0.1) is 5.92 Å². The van der Waals surface area contributed by atoms with E-state index in [-0.39, 0.29) is 43.2 Å². The van der Waals surface area contributed by atoms with E-state index in [2.05, 4.69) is 31.2 Å². The maximum Gasteiger partial charge on any atom is 0.253 e. The molecule has 0 spiro atoms. The highest BCUT2D eigenvalue weighted by molar-refractivity contribution is 7.07. The van der Waals surface area contributed by atoms with E-state index in [4.69, 9.17) is 5.73 Å². The first-order valence-electron chi connectivity index (χ1n) is 19.6. The Balaban J connectivity index is 1.21. The quantitative estimate of drug-likeness (QED) is 0.0735. The van der Waals surface area contributed by atoms with Gasteiger partial charge in [0.2, 0.25) is 17.7 Å². The van der Waals surface area contributed by atoms with Crippen molar-refractivity contribution in [1.82, 2.24) is 31.2 Å². The van der Waals surface area contributed by atoms with Gasteiger partial charge in [-0.05, 0) is 51.9 Å². The number of nitrogens with two attached hydrogens (primary N) is 1. The van der Waals surface area contributed by atoms with Crippen molar-refractivity contribution in [3.63, 3.8) is 0 Å². The SMILES string of the molecule is NCc1cccc(CNC(=O)CC(O)C(CC2CCCCC2)NC(=O)[C@H](Cc2cscn2)NC(=O)[C@H](Cc2cccc3ccccc23)NC(=O)c2cccnc2)c1. The number of hydrogen-bond acceptors (Lipinski definition) is 9. The van der Waals surface area contributed by atoms with Crippen LogP contribution in [0.1, 0.15) is 77.7 Å². The second-order valence-corrected chi connectivity index (χ2v) is 15.5. The van der Waals surface area contributed by atoms with Crippen LogP contribution in [0.3, 0.4) is 0 Å². The van der Waals surface area contributed by atoms with Crippen molar-refractivity contribution >= 4 is 45.7 Å². The molecule has 1 aliphatic carbocycles. The number of rotatable bonds is 18. The third-order valence-corrected chi connectivity index (χ3v) is 11.2. The van der Waals surface area contributed by atoms with Crippen LogP contribution < -0.4 is 27.0 Å². The molecule has 57 heavy (non-hydrogen) atoms. The molecule has 298 valence electrons. The van der Waals surface area contributed by atoms with Gasteiger partial charge in [0, 0.05) is 43.7 Å². The minimum atomic E-state index is -1.18. The molecule has 1 aliphatic rings. The fourth-order valence-corrected chi connectivity index (χ4v) is 8.09. The number of aliphatic hydroxyl groups excluding tert-OH is 1. The monoisotopic (exact) mass is 789 g/mol.